The van der Waals surface area contributed by atoms with Crippen molar-refractivity contribution in [1.29, 1.82) is 0 Å². The second kappa shape index (κ2) is 6.41. The predicted octanol–water partition coefficient (Wildman–Crippen LogP) is -0.0822. The van der Waals surface area contributed by atoms with Gasteiger partial charge in [-0.2, -0.15) is 0 Å². The van der Waals surface area contributed by atoms with Crippen LogP contribution in [0.4, 0.5) is 4.79 Å². The molecule has 0 bridgehead atoms. The second-order valence-corrected chi connectivity index (χ2v) is 5.60. The summed E-state index contributed by atoms with van der Waals surface area (Å²) in [5.74, 6) is -1.01. The number of urea groups is 1. The van der Waals surface area contributed by atoms with Gasteiger partial charge in [0, 0.05) is 26.2 Å². The van der Waals surface area contributed by atoms with Crippen LogP contribution in [-0.4, -0.2) is 90.8 Å². The molecule has 2 heterocycles. The fourth-order valence-electron chi connectivity index (χ4n) is 2.81. The van der Waals surface area contributed by atoms with E-state index in [2.05, 4.69) is 11.9 Å². The Morgan fingerprint density at radius 2 is 2.05 bits per heavy atom. The Hall–Kier alpha value is -1.34. The molecule has 0 aromatic carbocycles. The standard InChI is InChI=1S/C13H23N3O4/c1-14-5-3-4-10(8-14)15(2)13(19)16-6-7-20-11(9-16)12(17)18/h10-11H,3-9H2,1-2H3,(H,17,18). The number of nitrogens with zero attached hydrogens (tertiary/aromatic N) is 3. The van der Waals surface area contributed by atoms with Crippen molar-refractivity contribution in [2.75, 3.05) is 46.9 Å². The summed E-state index contributed by atoms with van der Waals surface area (Å²) in [4.78, 5) is 29.0. The Morgan fingerprint density at radius 1 is 1.30 bits per heavy atom. The highest BCUT2D eigenvalue weighted by atomic mass is 16.5. The first kappa shape index (κ1) is 15.1. The number of piperidine rings is 1. The predicted molar refractivity (Wildman–Crippen MR) is 72.6 cm³/mol. The molecule has 2 unspecified atom stereocenters. The van der Waals surface area contributed by atoms with Crippen LogP contribution in [-0.2, 0) is 9.53 Å². The summed E-state index contributed by atoms with van der Waals surface area (Å²) in [6.45, 7) is 2.80. The summed E-state index contributed by atoms with van der Waals surface area (Å²) in [7, 11) is 3.86. The van der Waals surface area contributed by atoms with Gasteiger partial charge in [-0.05, 0) is 26.4 Å². The van der Waals surface area contributed by atoms with Crippen molar-refractivity contribution in [3.05, 3.63) is 0 Å². The van der Waals surface area contributed by atoms with Gasteiger partial charge in [0.1, 0.15) is 0 Å². The Balaban J connectivity index is 1.93. The maximum atomic E-state index is 12.5. The summed E-state index contributed by atoms with van der Waals surface area (Å²) in [5, 5.41) is 8.98. The number of carbonyl (C=O) groups is 2. The number of hydrogen-bond donors (Lipinski definition) is 1. The first-order valence-electron chi connectivity index (χ1n) is 7.03. The number of carbonyl (C=O) groups excluding carboxylic acids is 1. The van der Waals surface area contributed by atoms with Gasteiger partial charge in [-0.1, -0.05) is 0 Å². The van der Waals surface area contributed by atoms with Crippen LogP contribution in [0, 0.1) is 0 Å². The Morgan fingerprint density at radius 3 is 2.70 bits per heavy atom. The van der Waals surface area contributed by atoms with Crippen LogP contribution in [0.15, 0.2) is 0 Å². The van der Waals surface area contributed by atoms with Crippen LogP contribution in [0.3, 0.4) is 0 Å². The zero-order valence-electron chi connectivity index (χ0n) is 12.1. The first-order chi connectivity index (χ1) is 9.49. The van der Waals surface area contributed by atoms with E-state index in [1.807, 2.05) is 0 Å². The van der Waals surface area contributed by atoms with E-state index in [0.717, 1.165) is 25.9 Å². The molecule has 2 rings (SSSR count). The van der Waals surface area contributed by atoms with E-state index in [0.29, 0.717) is 6.54 Å². The van der Waals surface area contributed by atoms with E-state index in [1.165, 1.54) is 0 Å². The molecule has 7 nitrogen and oxygen atoms in total. The lowest BCUT2D eigenvalue weighted by molar-refractivity contribution is -0.154. The highest BCUT2D eigenvalue weighted by molar-refractivity contribution is 5.77. The number of likely N-dealkylation sites (tertiary alicyclic amines) is 1. The molecule has 1 N–H and O–H groups in total. The minimum atomic E-state index is -1.01. The number of rotatable bonds is 2. The molecular weight excluding hydrogens is 262 g/mol. The van der Waals surface area contributed by atoms with Gasteiger partial charge in [-0.25, -0.2) is 9.59 Å². The molecule has 0 aromatic heterocycles. The van der Waals surface area contributed by atoms with Gasteiger partial charge in [0.2, 0.25) is 0 Å². The van der Waals surface area contributed by atoms with Crippen LogP contribution in [0.5, 0.6) is 0 Å². The molecule has 114 valence electrons. The van der Waals surface area contributed by atoms with E-state index >= 15 is 0 Å². The molecule has 0 spiro atoms. The summed E-state index contributed by atoms with van der Waals surface area (Å²) < 4.78 is 5.14. The summed E-state index contributed by atoms with van der Waals surface area (Å²) in [5.41, 5.74) is 0. The third-order valence-electron chi connectivity index (χ3n) is 4.06. The summed E-state index contributed by atoms with van der Waals surface area (Å²) in [6.07, 6.45) is 1.17. The topological polar surface area (TPSA) is 73.3 Å². The molecule has 2 aliphatic heterocycles. The van der Waals surface area contributed by atoms with Crippen molar-refractivity contribution in [3.8, 4) is 0 Å². The quantitative estimate of drug-likeness (QED) is 0.768. The number of aliphatic carboxylic acids is 1. The van der Waals surface area contributed by atoms with Gasteiger partial charge in [0.05, 0.1) is 13.2 Å². The molecule has 20 heavy (non-hydrogen) atoms. The number of likely N-dealkylation sites (N-methyl/N-ethyl adjacent to an activating group) is 2. The number of ether oxygens (including phenoxy) is 1. The van der Waals surface area contributed by atoms with Crippen molar-refractivity contribution in [2.24, 2.45) is 0 Å². The molecule has 0 radical (unpaired) electrons. The van der Waals surface area contributed by atoms with Crippen LogP contribution in [0.1, 0.15) is 12.8 Å². The smallest absolute Gasteiger partial charge is 0.334 e. The maximum absolute atomic E-state index is 12.5. The van der Waals surface area contributed by atoms with Gasteiger partial charge >= 0.3 is 12.0 Å². The third kappa shape index (κ3) is 3.40. The Bertz CT molecular complexity index is 377. The van der Waals surface area contributed by atoms with Gasteiger partial charge < -0.3 is 24.5 Å². The lowest BCUT2D eigenvalue weighted by Crippen LogP contribution is -2.56. The lowest BCUT2D eigenvalue weighted by atomic mass is 10.1. The van der Waals surface area contributed by atoms with E-state index in [9.17, 15) is 9.59 Å². The Labute approximate surface area is 119 Å². The van der Waals surface area contributed by atoms with E-state index in [1.54, 1.807) is 16.8 Å². The Kier molecular flexibility index (Phi) is 4.82. The SMILES string of the molecule is CN1CCCC(N(C)C(=O)N2CCOC(C(=O)O)C2)C1. The molecule has 2 amide bonds. The van der Waals surface area contributed by atoms with Crippen molar-refractivity contribution in [2.45, 2.75) is 25.0 Å². The molecular formula is C13H23N3O4. The first-order valence-corrected chi connectivity index (χ1v) is 7.03. The van der Waals surface area contributed by atoms with Crippen LogP contribution in [0.2, 0.25) is 0 Å². The van der Waals surface area contributed by atoms with Crippen molar-refractivity contribution in [1.82, 2.24) is 14.7 Å². The number of hydrogen-bond acceptors (Lipinski definition) is 4. The number of carboxylic acids is 1. The molecule has 2 fully saturated rings. The molecule has 0 aromatic rings. The minimum Gasteiger partial charge on any atom is -0.479 e. The normalized spacial score (nSPS) is 28.2. The van der Waals surface area contributed by atoms with E-state index in [4.69, 9.17) is 9.84 Å². The monoisotopic (exact) mass is 285 g/mol. The average molecular weight is 285 g/mol. The zero-order chi connectivity index (χ0) is 14.7. The molecule has 0 saturated carbocycles. The maximum Gasteiger partial charge on any atom is 0.334 e. The molecule has 2 aliphatic rings. The molecule has 7 heteroatoms. The van der Waals surface area contributed by atoms with E-state index in [-0.39, 0.29) is 25.2 Å². The van der Waals surface area contributed by atoms with E-state index < -0.39 is 12.1 Å². The summed E-state index contributed by atoms with van der Waals surface area (Å²) in [6, 6.07) is 0.104. The largest absolute Gasteiger partial charge is 0.479 e. The van der Waals surface area contributed by atoms with Crippen molar-refractivity contribution in [3.63, 3.8) is 0 Å². The molecule has 2 saturated heterocycles. The number of carboxylic acid groups (broad SMARTS) is 1. The second-order valence-electron chi connectivity index (χ2n) is 5.60. The fraction of sp³-hybridized carbons (Fsp3) is 0.846. The van der Waals surface area contributed by atoms with Gasteiger partial charge in [0.15, 0.2) is 6.10 Å². The molecule has 2 atom stereocenters. The fourth-order valence-corrected chi connectivity index (χ4v) is 2.81. The van der Waals surface area contributed by atoms with Crippen LogP contribution < -0.4 is 0 Å². The van der Waals surface area contributed by atoms with Gasteiger partial charge in [-0.15, -0.1) is 0 Å². The summed E-state index contributed by atoms with van der Waals surface area (Å²) >= 11 is 0. The minimum absolute atomic E-state index is 0.0974. The van der Waals surface area contributed by atoms with Crippen LogP contribution in [0.25, 0.3) is 0 Å². The lowest BCUT2D eigenvalue weighted by Gasteiger charge is -2.40. The average Bonchev–Trinajstić information content (AvgIpc) is 2.45. The number of amides is 2. The van der Waals surface area contributed by atoms with Gasteiger partial charge in [0.25, 0.3) is 0 Å². The van der Waals surface area contributed by atoms with Crippen molar-refractivity contribution >= 4 is 12.0 Å². The van der Waals surface area contributed by atoms with Crippen molar-refractivity contribution < 1.29 is 19.4 Å². The van der Waals surface area contributed by atoms with Gasteiger partial charge in [-0.3, -0.25) is 0 Å². The van der Waals surface area contributed by atoms with Crippen LogP contribution >= 0.6 is 0 Å². The number of morpholine rings is 1. The zero-order valence-corrected chi connectivity index (χ0v) is 12.1. The third-order valence-corrected chi connectivity index (χ3v) is 4.06. The molecule has 0 aliphatic carbocycles. The highest BCUT2D eigenvalue weighted by Crippen LogP contribution is 2.16. The highest BCUT2D eigenvalue weighted by Gasteiger charge is 2.33.